The summed E-state index contributed by atoms with van der Waals surface area (Å²) in [4.78, 5) is 2.30. The predicted octanol–water partition coefficient (Wildman–Crippen LogP) is 5.36. The van der Waals surface area contributed by atoms with Crippen molar-refractivity contribution < 1.29 is 19.0 Å². The fraction of sp³-hybridized carbons (Fsp3) is 0.464. The van der Waals surface area contributed by atoms with Gasteiger partial charge in [-0.1, -0.05) is 45.0 Å². The Morgan fingerprint density at radius 2 is 1.89 bits per heavy atom. The molecule has 0 radical (unpaired) electrons. The summed E-state index contributed by atoms with van der Waals surface area (Å²) >= 11 is 0. The summed E-state index contributed by atoms with van der Waals surface area (Å²) in [5.41, 5.74) is 2.76. The molecular weight excluding hydrogens is 445 g/mol. The van der Waals surface area contributed by atoms with Crippen LogP contribution >= 0.6 is 0 Å². The van der Waals surface area contributed by atoms with Gasteiger partial charge in [0.05, 0.1) is 29.7 Å². The Balaban J connectivity index is 1.63. The van der Waals surface area contributed by atoms with E-state index < -0.39 is 6.10 Å². The summed E-state index contributed by atoms with van der Waals surface area (Å²) in [7, 11) is 0. The molecule has 1 unspecified atom stereocenters. The van der Waals surface area contributed by atoms with Gasteiger partial charge >= 0.3 is 0 Å². The van der Waals surface area contributed by atoms with Gasteiger partial charge < -0.3 is 14.6 Å². The van der Waals surface area contributed by atoms with E-state index in [9.17, 15) is 9.50 Å². The molecule has 4 rings (SSSR count). The van der Waals surface area contributed by atoms with Crippen molar-refractivity contribution in [3.8, 4) is 17.3 Å². The normalized spacial score (nSPS) is 14.6. The predicted molar refractivity (Wildman–Crippen MR) is 135 cm³/mol. The fourth-order valence-electron chi connectivity index (χ4n) is 4.16. The van der Waals surface area contributed by atoms with Crippen LogP contribution in [-0.2, 0) is 17.7 Å². The van der Waals surface area contributed by atoms with Crippen molar-refractivity contribution in [2.24, 2.45) is 5.92 Å². The number of hydrogen-bond acceptors (Lipinski definition) is 5. The first-order valence-electron chi connectivity index (χ1n) is 12.5. The molecule has 1 aromatic heterocycles. The van der Waals surface area contributed by atoms with Gasteiger partial charge in [-0.05, 0) is 49.4 Å². The van der Waals surface area contributed by atoms with Gasteiger partial charge in [0.2, 0.25) is 5.88 Å². The van der Waals surface area contributed by atoms with Crippen molar-refractivity contribution in [1.29, 1.82) is 0 Å². The van der Waals surface area contributed by atoms with Gasteiger partial charge in [-0.2, -0.15) is 5.10 Å². The van der Waals surface area contributed by atoms with Crippen molar-refractivity contribution in [2.45, 2.75) is 58.7 Å². The zero-order valence-electron chi connectivity index (χ0n) is 20.9. The van der Waals surface area contributed by atoms with Crippen molar-refractivity contribution in [1.82, 2.24) is 14.7 Å². The number of rotatable bonds is 13. The molecule has 3 aromatic rings. The van der Waals surface area contributed by atoms with Gasteiger partial charge in [-0.25, -0.2) is 9.07 Å². The van der Waals surface area contributed by atoms with Gasteiger partial charge in [0, 0.05) is 31.8 Å². The molecule has 6 nitrogen and oxygen atoms in total. The quantitative estimate of drug-likeness (QED) is 0.356. The van der Waals surface area contributed by atoms with Crippen LogP contribution in [0.1, 0.15) is 44.9 Å². The van der Waals surface area contributed by atoms with Crippen LogP contribution in [0.15, 0.2) is 54.6 Å². The van der Waals surface area contributed by atoms with Crippen molar-refractivity contribution in [2.75, 3.05) is 19.8 Å². The highest BCUT2D eigenvalue weighted by Gasteiger charge is 2.33. The zero-order chi connectivity index (χ0) is 24.8. The van der Waals surface area contributed by atoms with Crippen LogP contribution in [0.3, 0.4) is 0 Å². The molecule has 1 heterocycles. The highest BCUT2D eigenvalue weighted by molar-refractivity contribution is 5.44. The van der Waals surface area contributed by atoms with E-state index in [2.05, 4.69) is 25.7 Å². The number of aryl methyl sites for hydroxylation is 1. The Kier molecular flexibility index (Phi) is 8.55. The number of hydrogen-bond donors (Lipinski definition) is 1. The lowest BCUT2D eigenvalue weighted by Gasteiger charge is -2.25. The highest BCUT2D eigenvalue weighted by atomic mass is 19.1. The van der Waals surface area contributed by atoms with E-state index in [4.69, 9.17) is 14.6 Å². The van der Waals surface area contributed by atoms with E-state index in [1.165, 1.54) is 12.1 Å². The van der Waals surface area contributed by atoms with Crippen LogP contribution < -0.4 is 4.74 Å². The van der Waals surface area contributed by atoms with Crippen molar-refractivity contribution in [3.05, 3.63) is 71.7 Å². The van der Waals surface area contributed by atoms with Crippen LogP contribution in [0.5, 0.6) is 11.6 Å². The SMILES string of the molecule is CCc1nn(-c2ccccc2)c(Oc2cccc(F)c2)c1CN(CC(O)COCC(C)C)C1CC1. The third-order valence-electron chi connectivity index (χ3n) is 6.00. The van der Waals surface area contributed by atoms with Crippen LogP contribution in [0, 0.1) is 11.7 Å². The summed E-state index contributed by atoms with van der Waals surface area (Å²) in [6.07, 6.45) is 2.37. The first-order valence-corrected chi connectivity index (χ1v) is 12.5. The zero-order valence-corrected chi connectivity index (χ0v) is 20.9. The highest BCUT2D eigenvalue weighted by Crippen LogP contribution is 2.35. The lowest BCUT2D eigenvalue weighted by atomic mass is 10.1. The number of aliphatic hydroxyl groups is 1. The summed E-state index contributed by atoms with van der Waals surface area (Å²) in [5, 5.41) is 15.6. The maximum Gasteiger partial charge on any atom is 0.227 e. The van der Waals surface area contributed by atoms with Gasteiger partial charge in [-0.15, -0.1) is 0 Å². The third kappa shape index (κ3) is 6.90. The molecule has 188 valence electrons. The van der Waals surface area contributed by atoms with E-state index in [0.29, 0.717) is 49.9 Å². The summed E-state index contributed by atoms with van der Waals surface area (Å²) in [5.74, 6) is 1.08. The molecule has 7 heteroatoms. The Hall–Kier alpha value is -2.74. The van der Waals surface area contributed by atoms with Crippen LogP contribution in [0.2, 0.25) is 0 Å². The second-order valence-electron chi connectivity index (χ2n) is 9.64. The number of aromatic nitrogens is 2. The Morgan fingerprint density at radius 1 is 1.11 bits per heavy atom. The van der Waals surface area contributed by atoms with Crippen molar-refractivity contribution >= 4 is 0 Å². The minimum atomic E-state index is -0.573. The second kappa shape index (κ2) is 11.8. The van der Waals surface area contributed by atoms with Crippen molar-refractivity contribution in [3.63, 3.8) is 0 Å². The summed E-state index contributed by atoms with van der Waals surface area (Å²) in [6, 6.07) is 16.4. The van der Waals surface area contributed by atoms with Gasteiger partial charge in [0.15, 0.2) is 0 Å². The number of benzene rings is 2. The number of para-hydroxylation sites is 1. The average molecular weight is 482 g/mol. The van der Waals surface area contributed by atoms with E-state index in [1.807, 2.05) is 30.3 Å². The van der Waals surface area contributed by atoms with Gasteiger partial charge in [0.25, 0.3) is 0 Å². The Labute approximate surface area is 207 Å². The topological polar surface area (TPSA) is 59.8 Å². The monoisotopic (exact) mass is 481 g/mol. The molecule has 1 aliphatic carbocycles. The maximum absolute atomic E-state index is 13.9. The molecule has 1 saturated carbocycles. The molecular formula is C28H36FN3O3. The first kappa shape index (κ1) is 25.4. The lowest BCUT2D eigenvalue weighted by Crippen LogP contribution is -2.36. The molecule has 0 spiro atoms. The molecule has 0 amide bonds. The smallest absolute Gasteiger partial charge is 0.227 e. The van der Waals surface area contributed by atoms with Crippen LogP contribution in [-0.4, -0.2) is 51.7 Å². The van der Waals surface area contributed by atoms with E-state index in [1.54, 1.807) is 16.8 Å². The molecule has 1 fully saturated rings. The largest absolute Gasteiger partial charge is 0.438 e. The van der Waals surface area contributed by atoms with E-state index >= 15 is 0 Å². The Bertz CT molecular complexity index is 1080. The number of aliphatic hydroxyl groups excluding tert-OH is 1. The molecule has 2 aromatic carbocycles. The molecule has 35 heavy (non-hydrogen) atoms. The summed E-state index contributed by atoms with van der Waals surface area (Å²) < 4.78 is 27.7. The summed E-state index contributed by atoms with van der Waals surface area (Å²) in [6.45, 7) is 8.32. The molecule has 0 saturated heterocycles. The van der Waals surface area contributed by atoms with Gasteiger partial charge in [0.1, 0.15) is 11.6 Å². The maximum atomic E-state index is 13.9. The first-order chi connectivity index (χ1) is 16.9. The lowest BCUT2D eigenvalue weighted by molar-refractivity contribution is 0.00535. The molecule has 0 aliphatic heterocycles. The minimum Gasteiger partial charge on any atom is -0.438 e. The molecule has 1 atom stereocenters. The van der Waals surface area contributed by atoms with E-state index in [0.717, 1.165) is 36.2 Å². The minimum absolute atomic E-state index is 0.317. The molecule has 1 N–H and O–H groups in total. The Morgan fingerprint density at radius 3 is 2.54 bits per heavy atom. The number of ether oxygens (including phenoxy) is 2. The second-order valence-corrected chi connectivity index (χ2v) is 9.64. The average Bonchev–Trinajstić information content (AvgIpc) is 3.63. The van der Waals surface area contributed by atoms with Gasteiger partial charge in [-0.3, -0.25) is 4.90 Å². The standard InChI is InChI=1S/C28H36FN3O3/c1-4-27-26(17-31(22-13-14-22)16-24(33)19-34-18-20(2)3)28(35-25-12-8-9-21(29)15-25)32(30-27)23-10-6-5-7-11-23/h5-12,15,20,22,24,33H,4,13-14,16-19H2,1-3H3. The fourth-order valence-corrected chi connectivity index (χ4v) is 4.16. The van der Waals surface area contributed by atoms with Crippen LogP contribution in [0.25, 0.3) is 5.69 Å². The number of nitrogens with zero attached hydrogens (tertiary/aromatic N) is 3. The number of halogens is 1. The molecule has 0 bridgehead atoms. The van der Waals surface area contributed by atoms with E-state index in [-0.39, 0.29) is 5.82 Å². The van der Waals surface area contributed by atoms with Crippen LogP contribution in [0.4, 0.5) is 4.39 Å². The molecule has 1 aliphatic rings. The third-order valence-corrected chi connectivity index (χ3v) is 6.00.